The molecule has 6 aromatic carbocycles. The minimum absolute atomic E-state index is 0.212. The SMILES string of the molecule is CC(C)(C)c1cc2c(OCc3ccccc3)c(c1)Cc1cc(C(C)(C)C)cc(c1OCc1cc[n+]([O-])cc1)Cc1cc(C(C)(C)C)cc(c1OCc1cc[n+]([O-])cc1)Cc1cc(C(C)(C)C)cc(c1OCc1ccccc1)C2. The van der Waals surface area contributed by atoms with Gasteiger partial charge >= 0.3 is 0 Å². The number of rotatable bonds is 12. The van der Waals surface area contributed by atoms with E-state index in [1.165, 1.54) is 47.0 Å². The number of ether oxygens (including phenoxy) is 4. The van der Waals surface area contributed by atoms with E-state index in [4.69, 9.17) is 18.9 Å². The van der Waals surface area contributed by atoms with Crippen molar-refractivity contribution in [2.45, 2.75) is 157 Å². The molecule has 8 nitrogen and oxygen atoms in total. The lowest BCUT2D eigenvalue weighted by molar-refractivity contribution is -0.605. The number of pyridine rings is 2. The molecular formula is C70H78N2O6. The van der Waals surface area contributed by atoms with E-state index >= 15 is 0 Å². The van der Waals surface area contributed by atoms with Crippen LogP contribution in [0.2, 0.25) is 0 Å². The predicted molar refractivity (Wildman–Crippen MR) is 313 cm³/mol. The van der Waals surface area contributed by atoms with Gasteiger partial charge in [-0.25, -0.2) is 0 Å². The first-order valence-electron chi connectivity index (χ1n) is 27.5. The van der Waals surface area contributed by atoms with Crippen molar-refractivity contribution in [1.82, 2.24) is 0 Å². The molecule has 1 aliphatic rings. The molecular weight excluding hydrogens is 965 g/mol. The minimum atomic E-state index is -0.234. The molecule has 78 heavy (non-hydrogen) atoms. The average Bonchev–Trinajstić information content (AvgIpc) is 3.44. The first kappa shape index (κ1) is 55.2. The lowest BCUT2D eigenvalue weighted by Gasteiger charge is -2.29. The third-order valence-electron chi connectivity index (χ3n) is 14.9. The number of nitrogens with zero attached hydrogens (tertiary/aromatic N) is 2. The summed E-state index contributed by atoms with van der Waals surface area (Å²) >= 11 is 0. The van der Waals surface area contributed by atoms with E-state index in [9.17, 15) is 10.4 Å². The van der Waals surface area contributed by atoms with Crippen LogP contribution in [-0.4, -0.2) is 0 Å². The van der Waals surface area contributed by atoms with Crippen LogP contribution in [0, 0.1) is 10.4 Å². The second-order valence-electron chi connectivity index (χ2n) is 25.5. The van der Waals surface area contributed by atoms with Gasteiger partial charge in [0.1, 0.15) is 49.4 Å². The van der Waals surface area contributed by atoms with Crippen LogP contribution >= 0.6 is 0 Å². The number of hydrogen-bond donors (Lipinski definition) is 0. The summed E-state index contributed by atoms with van der Waals surface area (Å²) in [4.78, 5) is 0. The molecule has 0 saturated heterocycles. The molecule has 0 N–H and O–H groups in total. The summed E-state index contributed by atoms with van der Waals surface area (Å²) in [5.41, 5.74) is 16.2. The number of benzene rings is 6. The standard InChI is InChI=1S/C70H78N2O6/c1-67(2,3)59-35-51-31-52-36-60(68(4,5)6)38-54(64(52)76-44-48-21-17-14-18-22-48)33-56-40-62(70(10,11)12)42-58(66(56)78-46-50-25-29-72(74)30-26-50)34-57-41-61(69(7,8)9)39-55(65(57)77-45-49-23-27-71(73)28-24-49)32-53(37-59)63(51)75-43-47-19-15-13-16-20-47/h13-30,35-42H,31-34,43-46H2,1-12H3. The number of hydrogen-bond acceptors (Lipinski definition) is 6. The topological polar surface area (TPSA) is 90.8 Å². The summed E-state index contributed by atoms with van der Waals surface area (Å²) in [5.74, 6) is 3.29. The van der Waals surface area contributed by atoms with Crippen LogP contribution in [0.15, 0.2) is 158 Å². The first-order chi connectivity index (χ1) is 36.9. The molecule has 9 rings (SSSR count). The van der Waals surface area contributed by atoms with Crippen molar-refractivity contribution >= 4 is 0 Å². The molecule has 404 valence electrons. The van der Waals surface area contributed by atoms with Gasteiger partial charge in [0.15, 0.2) is 24.8 Å². The predicted octanol–water partition coefficient (Wildman–Crippen LogP) is 15.1. The minimum Gasteiger partial charge on any atom is -0.619 e. The summed E-state index contributed by atoms with van der Waals surface area (Å²) in [6.07, 6.45) is 8.13. The molecule has 0 radical (unpaired) electrons. The maximum Gasteiger partial charge on any atom is 0.180 e. The summed E-state index contributed by atoms with van der Waals surface area (Å²) in [6, 6.07) is 46.9. The van der Waals surface area contributed by atoms with Gasteiger partial charge in [-0.1, -0.05) is 192 Å². The number of fused-ring (bicyclic) bond motifs is 8. The van der Waals surface area contributed by atoms with E-state index in [2.05, 4.69) is 180 Å². The summed E-state index contributed by atoms with van der Waals surface area (Å²) in [7, 11) is 0. The quantitative estimate of drug-likeness (QED) is 0.0894. The normalized spacial score (nSPS) is 13.0. The zero-order chi connectivity index (χ0) is 55.6. The van der Waals surface area contributed by atoms with Crippen LogP contribution in [0.1, 0.15) is 172 Å². The highest BCUT2D eigenvalue weighted by Crippen LogP contribution is 2.45. The van der Waals surface area contributed by atoms with Gasteiger partial charge in [-0.15, -0.1) is 0 Å². The maximum atomic E-state index is 12.3. The Morgan fingerprint density at radius 1 is 0.308 bits per heavy atom. The van der Waals surface area contributed by atoms with E-state index in [1.807, 2.05) is 36.4 Å². The fraction of sp³-hybridized carbons (Fsp3) is 0.343. The molecule has 0 fully saturated rings. The molecule has 0 aliphatic heterocycles. The second-order valence-corrected chi connectivity index (χ2v) is 25.5. The van der Waals surface area contributed by atoms with E-state index < -0.39 is 0 Å². The second kappa shape index (κ2) is 22.4. The smallest absolute Gasteiger partial charge is 0.180 e. The molecule has 1 aliphatic carbocycles. The van der Waals surface area contributed by atoms with Gasteiger partial charge in [0.2, 0.25) is 0 Å². The molecule has 8 bridgehead atoms. The summed E-state index contributed by atoms with van der Waals surface area (Å²) in [5, 5.41) is 24.6. The van der Waals surface area contributed by atoms with Crippen molar-refractivity contribution in [2.75, 3.05) is 0 Å². The van der Waals surface area contributed by atoms with Crippen molar-refractivity contribution in [1.29, 1.82) is 0 Å². The molecule has 0 saturated carbocycles. The van der Waals surface area contributed by atoms with Gasteiger partial charge in [0, 0.05) is 61.1 Å². The first-order valence-corrected chi connectivity index (χ1v) is 27.5. The molecule has 8 aromatic rings. The Kier molecular flexibility index (Phi) is 15.9. The summed E-state index contributed by atoms with van der Waals surface area (Å²) < 4.78 is 30.6. The van der Waals surface area contributed by atoms with Gasteiger partial charge in [-0.2, -0.15) is 9.46 Å². The number of aromatic nitrogens is 2. The van der Waals surface area contributed by atoms with Crippen LogP contribution in [0.4, 0.5) is 0 Å². The van der Waals surface area contributed by atoms with Crippen molar-refractivity contribution < 1.29 is 28.4 Å². The average molecular weight is 1040 g/mol. The van der Waals surface area contributed by atoms with Crippen molar-refractivity contribution in [3.63, 3.8) is 0 Å². The van der Waals surface area contributed by atoms with E-state index in [1.54, 1.807) is 0 Å². The van der Waals surface area contributed by atoms with Gasteiger partial charge in [0.05, 0.1) is 0 Å². The fourth-order valence-electron chi connectivity index (χ4n) is 10.2. The van der Waals surface area contributed by atoms with Gasteiger partial charge in [-0.05, 0) is 99.5 Å². The highest BCUT2D eigenvalue weighted by molar-refractivity contribution is 5.60. The van der Waals surface area contributed by atoms with Crippen molar-refractivity contribution in [3.8, 4) is 23.0 Å². The highest BCUT2D eigenvalue weighted by Gasteiger charge is 2.30. The Labute approximate surface area is 463 Å². The Balaban J connectivity index is 1.38. The lowest BCUT2D eigenvalue weighted by atomic mass is 9.79. The van der Waals surface area contributed by atoms with Crippen LogP contribution < -0.4 is 28.4 Å². The monoisotopic (exact) mass is 1040 g/mol. The third-order valence-corrected chi connectivity index (χ3v) is 14.9. The Bertz CT molecular complexity index is 3150. The van der Waals surface area contributed by atoms with Gasteiger partial charge in [0.25, 0.3) is 0 Å². The van der Waals surface area contributed by atoms with E-state index in [0.29, 0.717) is 38.9 Å². The summed E-state index contributed by atoms with van der Waals surface area (Å²) in [6.45, 7) is 28.6. The Morgan fingerprint density at radius 2 is 0.500 bits per heavy atom. The van der Waals surface area contributed by atoms with Crippen molar-refractivity contribution in [3.05, 3.63) is 258 Å². The van der Waals surface area contributed by atoms with Gasteiger partial charge in [-0.3, -0.25) is 0 Å². The Morgan fingerprint density at radius 3 is 0.692 bits per heavy atom. The maximum absolute atomic E-state index is 12.3. The fourth-order valence-corrected chi connectivity index (χ4v) is 10.2. The molecule has 2 aromatic heterocycles. The highest BCUT2D eigenvalue weighted by atomic mass is 16.5. The van der Waals surface area contributed by atoms with Crippen LogP contribution in [0.25, 0.3) is 0 Å². The third kappa shape index (κ3) is 13.4. The largest absolute Gasteiger partial charge is 0.619 e. The molecule has 0 spiro atoms. The lowest BCUT2D eigenvalue weighted by Crippen LogP contribution is -2.24. The zero-order valence-electron chi connectivity index (χ0n) is 48.0. The molecule has 8 heteroatoms. The zero-order valence-corrected chi connectivity index (χ0v) is 48.0. The molecule has 0 atom stereocenters. The van der Waals surface area contributed by atoms with Crippen LogP contribution in [0.3, 0.4) is 0 Å². The van der Waals surface area contributed by atoms with Gasteiger partial charge < -0.3 is 29.4 Å². The molecule has 2 heterocycles. The van der Waals surface area contributed by atoms with Crippen LogP contribution in [-0.2, 0) is 73.8 Å². The van der Waals surface area contributed by atoms with E-state index in [0.717, 1.165) is 99.2 Å². The molecule has 0 unspecified atom stereocenters. The van der Waals surface area contributed by atoms with Crippen molar-refractivity contribution in [2.24, 2.45) is 0 Å². The Hall–Kier alpha value is -7.58. The van der Waals surface area contributed by atoms with Crippen LogP contribution in [0.5, 0.6) is 23.0 Å². The van der Waals surface area contributed by atoms with E-state index in [-0.39, 0.29) is 34.9 Å². The molecule has 0 amide bonds.